The van der Waals surface area contributed by atoms with Gasteiger partial charge in [0.25, 0.3) is 0 Å². The lowest BCUT2D eigenvalue weighted by Crippen LogP contribution is -2.29. The molecule has 0 unspecified atom stereocenters. The molecule has 18 heavy (non-hydrogen) atoms. The first-order valence-corrected chi connectivity index (χ1v) is 6.25. The first-order chi connectivity index (χ1) is 8.63. The van der Waals surface area contributed by atoms with Crippen LogP contribution in [0, 0.1) is 19.3 Å². The molecule has 2 N–H and O–H groups in total. The fourth-order valence-electron chi connectivity index (χ4n) is 1.40. The number of amides is 2. The Morgan fingerprint density at radius 2 is 2.22 bits per heavy atom. The Morgan fingerprint density at radius 1 is 1.44 bits per heavy atom. The van der Waals surface area contributed by atoms with Crippen molar-refractivity contribution in [2.75, 3.05) is 11.9 Å². The minimum absolute atomic E-state index is 0.226. The Kier molecular flexibility index (Phi) is 6.10. The molecule has 0 aromatic heterocycles. The third-order valence-electron chi connectivity index (χ3n) is 2.46. The average Bonchev–Trinajstić information content (AvgIpc) is 2.34. The quantitative estimate of drug-likeness (QED) is 0.619. The summed E-state index contributed by atoms with van der Waals surface area (Å²) >= 11 is 5.97. The predicted molar refractivity (Wildman–Crippen MR) is 75.9 cm³/mol. The number of aryl methyl sites for hydroxylation is 1. The molecule has 0 aliphatic rings. The van der Waals surface area contributed by atoms with Crippen molar-refractivity contribution in [3.05, 3.63) is 28.8 Å². The number of carbonyl (C=O) groups is 1. The van der Waals surface area contributed by atoms with E-state index in [4.69, 9.17) is 18.0 Å². The van der Waals surface area contributed by atoms with Crippen molar-refractivity contribution in [2.45, 2.75) is 26.2 Å². The van der Waals surface area contributed by atoms with Crippen molar-refractivity contribution in [1.82, 2.24) is 5.32 Å². The zero-order valence-electron chi connectivity index (χ0n) is 10.4. The molecule has 0 atom stereocenters. The Morgan fingerprint density at radius 3 is 2.89 bits per heavy atom. The number of halogens is 1. The van der Waals surface area contributed by atoms with Crippen LogP contribution in [0.15, 0.2) is 18.2 Å². The van der Waals surface area contributed by atoms with Crippen LogP contribution in [0.3, 0.4) is 0 Å². The van der Waals surface area contributed by atoms with Crippen LogP contribution in [0.1, 0.15) is 24.8 Å². The number of urea groups is 1. The fraction of sp³-hybridized carbons (Fsp3) is 0.357. The highest BCUT2D eigenvalue weighted by atomic mass is 35.5. The molecule has 0 spiro atoms. The molecule has 0 saturated heterocycles. The average molecular weight is 265 g/mol. The van der Waals surface area contributed by atoms with Crippen molar-refractivity contribution in [1.29, 1.82) is 0 Å². The summed E-state index contributed by atoms with van der Waals surface area (Å²) < 4.78 is 0. The number of benzene rings is 1. The van der Waals surface area contributed by atoms with Crippen LogP contribution in [0.5, 0.6) is 0 Å². The van der Waals surface area contributed by atoms with Crippen LogP contribution in [0.4, 0.5) is 10.5 Å². The van der Waals surface area contributed by atoms with Gasteiger partial charge in [-0.3, -0.25) is 0 Å². The summed E-state index contributed by atoms with van der Waals surface area (Å²) in [6, 6.07) is 5.19. The first-order valence-electron chi connectivity index (χ1n) is 5.88. The van der Waals surface area contributed by atoms with Crippen LogP contribution in [-0.4, -0.2) is 12.6 Å². The van der Waals surface area contributed by atoms with E-state index in [1.807, 2.05) is 19.1 Å². The minimum atomic E-state index is -0.226. The molecule has 0 aliphatic heterocycles. The highest BCUT2D eigenvalue weighted by Crippen LogP contribution is 2.19. The number of terminal acetylenes is 1. The lowest BCUT2D eigenvalue weighted by Gasteiger charge is -2.08. The summed E-state index contributed by atoms with van der Waals surface area (Å²) in [5.41, 5.74) is 1.67. The molecular weight excluding hydrogens is 248 g/mol. The lowest BCUT2D eigenvalue weighted by molar-refractivity contribution is 0.252. The topological polar surface area (TPSA) is 41.1 Å². The van der Waals surface area contributed by atoms with E-state index in [9.17, 15) is 4.79 Å². The second kappa shape index (κ2) is 7.62. The molecule has 0 aliphatic carbocycles. The number of nitrogens with one attached hydrogen (secondary N) is 2. The van der Waals surface area contributed by atoms with Crippen LogP contribution in [0.25, 0.3) is 0 Å². The van der Waals surface area contributed by atoms with Crippen molar-refractivity contribution in [2.24, 2.45) is 0 Å². The number of rotatable bonds is 5. The molecular formula is C14H17ClN2O. The zero-order chi connectivity index (χ0) is 13.4. The van der Waals surface area contributed by atoms with Crippen LogP contribution in [0.2, 0.25) is 5.02 Å². The van der Waals surface area contributed by atoms with Crippen LogP contribution < -0.4 is 10.6 Å². The van der Waals surface area contributed by atoms with Crippen LogP contribution in [-0.2, 0) is 0 Å². The van der Waals surface area contributed by atoms with Gasteiger partial charge in [-0.05, 0) is 37.5 Å². The summed E-state index contributed by atoms with van der Waals surface area (Å²) in [7, 11) is 0. The monoisotopic (exact) mass is 264 g/mol. The van der Waals surface area contributed by atoms with Gasteiger partial charge in [0, 0.05) is 23.7 Å². The molecule has 4 heteroatoms. The van der Waals surface area contributed by atoms with Gasteiger partial charge < -0.3 is 10.6 Å². The Labute approximate surface area is 113 Å². The maximum Gasteiger partial charge on any atom is 0.319 e. The molecule has 0 bridgehead atoms. The van der Waals surface area contributed by atoms with Gasteiger partial charge >= 0.3 is 6.03 Å². The molecule has 1 aromatic carbocycles. The van der Waals surface area contributed by atoms with Gasteiger partial charge in [-0.1, -0.05) is 17.7 Å². The van der Waals surface area contributed by atoms with E-state index in [1.165, 1.54) is 0 Å². The summed E-state index contributed by atoms with van der Waals surface area (Å²) in [4.78, 5) is 11.5. The van der Waals surface area contributed by atoms with E-state index >= 15 is 0 Å². The number of carbonyl (C=O) groups excluding carboxylic acids is 1. The Hall–Kier alpha value is -1.66. The molecule has 0 fully saturated rings. The molecule has 0 radical (unpaired) electrons. The van der Waals surface area contributed by atoms with Gasteiger partial charge in [0.15, 0.2) is 0 Å². The smallest absolute Gasteiger partial charge is 0.319 e. The van der Waals surface area contributed by atoms with Gasteiger partial charge in [-0.25, -0.2) is 4.79 Å². The first kappa shape index (κ1) is 14.4. The number of anilines is 1. The van der Waals surface area contributed by atoms with E-state index in [0.29, 0.717) is 17.3 Å². The van der Waals surface area contributed by atoms with E-state index in [1.54, 1.807) is 6.07 Å². The summed E-state index contributed by atoms with van der Waals surface area (Å²) in [6.45, 7) is 2.53. The second-order valence-electron chi connectivity index (χ2n) is 4.01. The van der Waals surface area contributed by atoms with Gasteiger partial charge in [-0.15, -0.1) is 12.3 Å². The summed E-state index contributed by atoms with van der Waals surface area (Å²) in [5.74, 6) is 2.56. The summed E-state index contributed by atoms with van der Waals surface area (Å²) in [5, 5.41) is 6.13. The number of unbranched alkanes of at least 4 members (excludes halogenated alkanes) is 2. The molecule has 1 aromatic rings. The number of hydrogen-bond donors (Lipinski definition) is 2. The molecule has 2 amide bonds. The van der Waals surface area contributed by atoms with E-state index in [2.05, 4.69) is 16.6 Å². The minimum Gasteiger partial charge on any atom is -0.338 e. The Bertz CT molecular complexity index is 452. The zero-order valence-corrected chi connectivity index (χ0v) is 11.2. The summed E-state index contributed by atoms with van der Waals surface area (Å²) in [6.07, 6.45) is 7.69. The van der Waals surface area contributed by atoms with E-state index in [-0.39, 0.29) is 6.03 Å². The molecule has 3 nitrogen and oxygen atoms in total. The maximum absolute atomic E-state index is 11.5. The third kappa shape index (κ3) is 5.11. The normalized spacial score (nSPS) is 9.61. The number of hydrogen-bond acceptors (Lipinski definition) is 1. The van der Waals surface area contributed by atoms with Gasteiger partial charge in [0.2, 0.25) is 0 Å². The van der Waals surface area contributed by atoms with Crippen molar-refractivity contribution in [3.63, 3.8) is 0 Å². The largest absolute Gasteiger partial charge is 0.338 e. The highest BCUT2D eigenvalue weighted by molar-refractivity contribution is 6.31. The third-order valence-corrected chi connectivity index (χ3v) is 2.87. The molecule has 0 saturated carbocycles. The molecule has 1 rings (SSSR count). The van der Waals surface area contributed by atoms with Crippen molar-refractivity contribution >= 4 is 23.3 Å². The standard InChI is InChI=1S/C14H17ClN2O/c1-3-4-5-6-9-16-14(18)17-12-8-7-11(2)13(15)10-12/h1,7-8,10H,4-6,9H2,2H3,(H2,16,17,18). The Balaban J connectivity index is 2.31. The fourth-order valence-corrected chi connectivity index (χ4v) is 1.58. The SMILES string of the molecule is C#CCCCCNC(=O)Nc1ccc(C)c(Cl)c1. The predicted octanol–water partition coefficient (Wildman–Crippen LogP) is 3.57. The molecule has 0 heterocycles. The van der Waals surface area contributed by atoms with E-state index in [0.717, 1.165) is 24.8 Å². The van der Waals surface area contributed by atoms with Gasteiger partial charge in [0.05, 0.1) is 0 Å². The van der Waals surface area contributed by atoms with Gasteiger partial charge in [0.1, 0.15) is 0 Å². The van der Waals surface area contributed by atoms with Crippen molar-refractivity contribution < 1.29 is 4.79 Å². The second-order valence-corrected chi connectivity index (χ2v) is 4.41. The van der Waals surface area contributed by atoms with E-state index < -0.39 is 0 Å². The molecule has 96 valence electrons. The van der Waals surface area contributed by atoms with Crippen molar-refractivity contribution in [3.8, 4) is 12.3 Å². The van der Waals surface area contributed by atoms with Gasteiger partial charge in [-0.2, -0.15) is 0 Å². The lowest BCUT2D eigenvalue weighted by atomic mass is 10.2. The van der Waals surface area contributed by atoms with Crippen LogP contribution >= 0.6 is 11.6 Å². The highest BCUT2D eigenvalue weighted by Gasteiger charge is 2.02. The maximum atomic E-state index is 11.5.